The molecule has 0 radical (unpaired) electrons. The monoisotopic (exact) mass is 1900 g/mol. The van der Waals surface area contributed by atoms with Gasteiger partial charge in [-0.3, -0.25) is 4.99 Å². The van der Waals surface area contributed by atoms with Crippen LogP contribution in [0.2, 0.25) is 0 Å². The summed E-state index contributed by atoms with van der Waals surface area (Å²) >= 11 is 0. The first kappa shape index (κ1) is 95.4. The summed E-state index contributed by atoms with van der Waals surface area (Å²) in [5.74, 6) is 2.92. The van der Waals surface area contributed by atoms with Crippen LogP contribution < -0.4 is 0 Å². The quantitative estimate of drug-likeness (QED) is 0.0454. The number of nitrogens with zero attached hydrogens (tertiary/aromatic N) is 8. The molecule has 23 rings (SSSR count). The fourth-order valence-electron chi connectivity index (χ4n) is 17.8. The first-order chi connectivity index (χ1) is 72.6. The van der Waals surface area contributed by atoms with Crippen molar-refractivity contribution in [1.82, 2.24) is 34.9 Å². The molecule has 0 spiro atoms. The largest absolute Gasteiger partial charge is 0.453 e. The third-order valence-electron chi connectivity index (χ3n) is 25.6. The van der Waals surface area contributed by atoms with Gasteiger partial charge in [-0.2, -0.15) is 0 Å². The van der Waals surface area contributed by atoms with Gasteiger partial charge in [0.15, 0.2) is 29.2 Å². The summed E-state index contributed by atoms with van der Waals surface area (Å²) in [4.78, 5) is 38.6. The highest BCUT2D eigenvalue weighted by Crippen LogP contribution is 2.40. The normalized spacial score (nSPS) is 12.7. The molecule has 0 fully saturated rings. The molecule has 2 atom stereocenters. The highest BCUT2D eigenvalue weighted by molar-refractivity contribution is 6.01. The van der Waals surface area contributed by atoms with E-state index in [0.717, 1.165) is 151 Å². The molecular weight excluding hydrogens is 1800 g/mol. The summed E-state index contributed by atoms with van der Waals surface area (Å²) in [6.45, 7) is 8.20. The number of nitrogens with one attached hydrogen (secondary N) is 1. The fraction of sp³-hybridized carbons (Fsp3) is 0.0444. The average Bonchev–Trinajstić information content (AvgIpc) is 1.24. The van der Waals surface area contributed by atoms with Crippen molar-refractivity contribution in [2.45, 2.75) is 37.6 Å². The Morgan fingerprint density at radius 2 is 0.891 bits per heavy atom. The van der Waals surface area contributed by atoms with Gasteiger partial charge in [0, 0.05) is 86.1 Å². The summed E-state index contributed by atoms with van der Waals surface area (Å²) in [7, 11) is 0. The zero-order chi connectivity index (χ0) is 99.5. The molecule has 1 N–H and O–H groups in total. The Morgan fingerprint density at radius 1 is 0.408 bits per heavy atom. The van der Waals surface area contributed by atoms with Crippen LogP contribution in [0, 0.1) is 5.41 Å². The van der Waals surface area contributed by atoms with E-state index >= 15 is 0 Å². The van der Waals surface area contributed by atoms with E-state index in [1.165, 1.54) is 58.2 Å². The van der Waals surface area contributed by atoms with E-state index in [9.17, 15) is 0 Å². The van der Waals surface area contributed by atoms with Gasteiger partial charge in [-0.1, -0.05) is 438 Å². The topological polar surface area (TPSA) is 166 Å². The maximum atomic E-state index is 8.90. The molecule has 0 aliphatic heterocycles. The lowest BCUT2D eigenvalue weighted by atomic mass is 9.84. The van der Waals surface area contributed by atoms with E-state index in [1.807, 2.05) is 243 Å². The standard InChI is InChI=1S/C45H31N3O.C45H37N3O.C39H27N3O.C6H8/c1-4-10-30(11-5-1)31-16-18-32(19-17-31)41-29-42(47-44(46-41)33-12-6-2-7-13-33)39-23-22-35-26-36(20-21-37(35)27-39)38-24-25-40-43(28-38)49-45(48-40)34-14-8-3-9-15-34;1-3-36(37-19-9-5-10-20-37)23-14-25-40(47-32-35-16-7-4-8-17-35)31-42(46)33(2)28-29-34-18-13-24-39(30-34)41-26-15-27-43-44(41)48-45(49-43)38-21-11-6-12-22-38;1-3-9-28(10-4-1)29-14-16-30(17-15-29)37-25-38(42-39(41-37)31-11-5-2-6-12-31)35-21-20-32-23-34(19-18-33(32)24-35)36-13-7-8-22-40-27-43-26-36;1-2-4-6-5-3-1/h1-25,27-29,36H,26H2;3-30,32,40,46H,1-2,31H2;1-27H;1-4H,5-6H2/b;25-14+,29-28-,36-23+,46-42?,47-32?;;. The molecule has 0 amide bonds. The zero-order valence-electron chi connectivity index (χ0n) is 81.0. The second kappa shape index (κ2) is 46.9. The van der Waals surface area contributed by atoms with Gasteiger partial charge < -0.3 is 18.7 Å². The Bertz CT molecular complexity index is 8450. The summed E-state index contributed by atoms with van der Waals surface area (Å²) in [6, 6.07) is 149. The zero-order valence-corrected chi connectivity index (χ0v) is 81.0. The van der Waals surface area contributed by atoms with Crippen molar-refractivity contribution in [3.63, 3.8) is 0 Å². The van der Waals surface area contributed by atoms with Crippen LogP contribution in [0.15, 0.2) is 553 Å². The van der Waals surface area contributed by atoms with Crippen molar-refractivity contribution >= 4 is 62.6 Å². The Kier molecular flexibility index (Phi) is 30.5. The minimum atomic E-state index is -0.247. The SMILES string of the molecule is C1=CC(c2ccc3nc(-c4ccccc4)oc3c2)Cc2ccc(-c3cc(-c4ccc(-c5ccccc5)cc4)nc(-c4ccccc4)n3)cc21.C1=CCCC=C1.C=C/C(=C\C=C\C(CC(=N)C(=C)/C=C\c1cccc(-c2cccc3oc(-c4ccccc4)nc23)c1)N=Cc1ccccc1)c1ccccc1.c1ccc(-c2ccc(-c3cc(-c4ccc5cc(-c6ccccncoc6)ccc5c4)nc(-c4ccccc4)n3)cc2)cc1. The highest BCUT2D eigenvalue weighted by atomic mass is 16.4. The number of hydrogen-bond donors (Lipinski definition) is 1. The summed E-state index contributed by atoms with van der Waals surface area (Å²) in [5, 5.41) is 11.2. The molecule has 147 heavy (non-hydrogen) atoms. The Morgan fingerprint density at radius 3 is 1.48 bits per heavy atom. The first-order valence-electron chi connectivity index (χ1n) is 49.3. The minimum Gasteiger partial charge on any atom is -0.453 e. The average molecular weight is 1900 g/mol. The molecule has 5 aromatic heterocycles. The van der Waals surface area contributed by atoms with E-state index in [-0.39, 0.29) is 12.0 Å². The lowest BCUT2D eigenvalue weighted by Gasteiger charge is -2.20. The van der Waals surface area contributed by atoms with Crippen molar-refractivity contribution < 1.29 is 13.3 Å². The number of aromatic nitrogens is 7. The maximum Gasteiger partial charge on any atom is 0.227 e. The van der Waals surface area contributed by atoms with Crippen LogP contribution in [0.1, 0.15) is 58.6 Å². The number of oxazole rings is 2. The number of aliphatic imine (C=N–C) groups is 1. The maximum absolute atomic E-state index is 8.90. The Hall–Kier alpha value is -19.2. The van der Waals surface area contributed by atoms with Gasteiger partial charge in [0.1, 0.15) is 17.3 Å². The lowest BCUT2D eigenvalue weighted by molar-refractivity contribution is 0.537. The fourth-order valence-corrected chi connectivity index (χ4v) is 17.8. The number of benzene rings is 16. The lowest BCUT2D eigenvalue weighted by Crippen LogP contribution is -2.10. The van der Waals surface area contributed by atoms with Gasteiger partial charge in [0.25, 0.3) is 0 Å². The molecule has 5 heterocycles. The molecule has 2 aliphatic carbocycles. The molecule has 16 aromatic carbocycles. The third kappa shape index (κ3) is 24.4. The predicted molar refractivity (Wildman–Crippen MR) is 608 cm³/mol. The molecule has 706 valence electrons. The van der Waals surface area contributed by atoms with Crippen LogP contribution >= 0.6 is 0 Å². The molecule has 2 unspecified atom stereocenters. The van der Waals surface area contributed by atoms with Gasteiger partial charge in [0.05, 0.1) is 28.8 Å². The minimum absolute atomic E-state index is 0.247. The Balaban J connectivity index is 0.000000130. The molecule has 12 nitrogen and oxygen atoms in total. The first-order valence-corrected chi connectivity index (χ1v) is 49.3. The number of fused-ring (bicyclic) bond motifs is 4. The third-order valence-corrected chi connectivity index (χ3v) is 25.6. The smallest absolute Gasteiger partial charge is 0.227 e. The molecule has 0 saturated carbocycles. The van der Waals surface area contributed by atoms with Gasteiger partial charge in [-0.05, 0) is 193 Å². The second-order valence-corrected chi connectivity index (χ2v) is 35.7. The van der Waals surface area contributed by atoms with E-state index in [4.69, 9.17) is 53.6 Å². The predicted octanol–water partition coefficient (Wildman–Crippen LogP) is 34.7. The molecular formula is C135H103N9O3. The highest BCUT2D eigenvalue weighted by Gasteiger charge is 2.23. The van der Waals surface area contributed by atoms with Gasteiger partial charge in [-0.25, -0.2) is 34.9 Å². The van der Waals surface area contributed by atoms with Crippen LogP contribution in [-0.4, -0.2) is 52.9 Å². The molecule has 2 aliphatic rings. The van der Waals surface area contributed by atoms with Crippen molar-refractivity contribution in [3.05, 3.63) is 569 Å². The van der Waals surface area contributed by atoms with Crippen LogP contribution in [0.25, 0.3) is 186 Å². The van der Waals surface area contributed by atoms with Gasteiger partial charge >= 0.3 is 0 Å². The van der Waals surface area contributed by atoms with Gasteiger partial charge in [-0.15, -0.1) is 0 Å². The van der Waals surface area contributed by atoms with Crippen LogP contribution in [0.5, 0.6) is 0 Å². The van der Waals surface area contributed by atoms with Crippen LogP contribution in [0.4, 0.5) is 0 Å². The van der Waals surface area contributed by atoms with E-state index < -0.39 is 0 Å². The Labute approximate surface area is 856 Å². The molecule has 12 heteroatoms. The summed E-state index contributed by atoms with van der Waals surface area (Å²) in [5.41, 5.74) is 32.7. The van der Waals surface area contributed by atoms with Crippen molar-refractivity contribution in [2.24, 2.45) is 4.99 Å². The van der Waals surface area contributed by atoms with Crippen molar-refractivity contribution in [3.8, 4) is 135 Å². The summed E-state index contributed by atoms with van der Waals surface area (Å²) < 4.78 is 17.8. The number of para-hydroxylation sites is 1. The molecule has 21 aromatic rings. The van der Waals surface area contributed by atoms with Gasteiger partial charge in [0.2, 0.25) is 11.8 Å². The van der Waals surface area contributed by atoms with Crippen LogP contribution in [0.3, 0.4) is 0 Å². The van der Waals surface area contributed by atoms with E-state index in [0.29, 0.717) is 41.1 Å². The number of allylic oxidation sites excluding steroid dienone is 11. The molecule has 0 saturated heterocycles. The number of hydrogen-bond acceptors (Lipinski definition) is 12. The van der Waals surface area contributed by atoms with Crippen molar-refractivity contribution in [2.75, 3.05) is 0 Å². The molecule has 0 bridgehead atoms. The number of rotatable bonds is 24. The van der Waals surface area contributed by atoms with E-state index in [2.05, 4.69) is 291 Å². The van der Waals surface area contributed by atoms with E-state index in [1.54, 1.807) is 12.5 Å². The van der Waals surface area contributed by atoms with Crippen LogP contribution in [-0.2, 0) is 6.42 Å². The summed E-state index contributed by atoms with van der Waals surface area (Å²) in [6.07, 6.45) is 35.3. The van der Waals surface area contributed by atoms with Crippen molar-refractivity contribution in [1.29, 1.82) is 5.41 Å². The second-order valence-electron chi connectivity index (χ2n) is 35.7.